The third-order valence-corrected chi connectivity index (χ3v) is 3.72. The van der Waals surface area contributed by atoms with E-state index in [0.717, 1.165) is 0 Å². The van der Waals surface area contributed by atoms with Crippen molar-refractivity contribution in [1.29, 1.82) is 0 Å². The molecule has 0 aromatic heterocycles. The van der Waals surface area contributed by atoms with Gasteiger partial charge in [0.1, 0.15) is 0 Å². The van der Waals surface area contributed by atoms with Gasteiger partial charge in [0, 0.05) is 32.1 Å². The lowest BCUT2D eigenvalue weighted by molar-refractivity contribution is -0.145. The van der Waals surface area contributed by atoms with Gasteiger partial charge in [-0.15, -0.1) is 0 Å². The fourth-order valence-electron chi connectivity index (χ4n) is 2.47. The second-order valence-electron chi connectivity index (χ2n) is 5.08. The molecule has 1 atom stereocenters. The standard InChI is InChI=1S/C12H19N3O4/c16-10-5-9(6-14-10)13-7-11(17)15-3-1-8(2-4-15)12(18)19/h8-9,13H,1-7H2,(H,14,16)(H,18,19). The highest BCUT2D eigenvalue weighted by Crippen LogP contribution is 2.17. The summed E-state index contributed by atoms with van der Waals surface area (Å²) >= 11 is 0. The molecule has 2 aliphatic rings. The molecule has 1 unspecified atom stereocenters. The first-order valence-corrected chi connectivity index (χ1v) is 6.57. The number of hydrogen-bond donors (Lipinski definition) is 3. The minimum Gasteiger partial charge on any atom is -0.481 e. The van der Waals surface area contributed by atoms with Gasteiger partial charge in [-0.2, -0.15) is 0 Å². The van der Waals surface area contributed by atoms with Crippen LogP contribution in [0.2, 0.25) is 0 Å². The van der Waals surface area contributed by atoms with E-state index in [-0.39, 0.29) is 30.3 Å². The van der Waals surface area contributed by atoms with Crippen LogP contribution in [0.25, 0.3) is 0 Å². The number of rotatable bonds is 4. The maximum Gasteiger partial charge on any atom is 0.306 e. The molecule has 0 bridgehead atoms. The van der Waals surface area contributed by atoms with Crippen molar-refractivity contribution in [2.75, 3.05) is 26.2 Å². The van der Waals surface area contributed by atoms with Crippen LogP contribution in [0.3, 0.4) is 0 Å². The summed E-state index contributed by atoms with van der Waals surface area (Å²) in [6, 6.07) is 0.0213. The minimum absolute atomic E-state index is 0.00669. The highest BCUT2D eigenvalue weighted by atomic mass is 16.4. The summed E-state index contributed by atoms with van der Waals surface area (Å²) in [5, 5.41) is 14.6. The summed E-state index contributed by atoms with van der Waals surface area (Å²) in [5.74, 6) is -1.12. The summed E-state index contributed by atoms with van der Waals surface area (Å²) in [6.07, 6.45) is 1.45. The Balaban J connectivity index is 1.69. The Labute approximate surface area is 111 Å². The molecule has 2 amide bonds. The minimum atomic E-state index is -0.777. The van der Waals surface area contributed by atoms with E-state index in [1.807, 2.05) is 0 Å². The van der Waals surface area contributed by atoms with E-state index in [4.69, 9.17) is 5.11 Å². The molecular weight excluding hydrogens is 250 g/mol. The molecule has 0 saturated carbocycles. The van der Waals surface area contributed by atoms with Gasteiger partial charge in [-0.25, -0.2) is 0 Å². The van der Waals surface area contributed by atoms with Gasteiger partial charge >= 0.3 is 5.97 Å². The van der Waals surface area contributed by atoms with Crippen molar-refractivity contribution in [3.8, 4) is 0 Å². The van der Waals surface area contributed by atoms with Gasteiger partial charge in [0.2, 0.25) is 11.8 Å². The first-order chi connectivity index (χ1) is 9.06. The fraction of sp³-hybridized carbons (Fsp3) is 0.750. The zero-order chi connectivity index (χ0) is 13.8. The lowest BCUT2D eigenvalue weighted by atomic mass is 9.97. The van der Waals surface area contributed by atoms with Crippen LogP contribution >= 0.6 is 0 Å². The van der Waals surface area contributed by atoms with Crippen molar-refractivity contribution in [3.63, 3.8) is 0 Å². The Hall–Kier alpha value is -1.63. The Morgan fingerprint density at radius 3 is 2.58 bits per heavy atom. The molecule has 106 valence electrons. The van der Waals surface area contributed by atoms with Crippen LogP contribution < -0.4 is 10.6 Å². The number of carbonyl (C=O) groups is 3. The molecule has 2 rings (SSSR count). The van der Waals surface area contributed by atoms with Crippen LogP contribution in [-0.4, -0.2) is 60.0 Å². The second-order valence-corrected chi connectivity index (χ2v) is 5.08. The number of piperidine rings is 1. The van der Waals surface area contributed by atoms with Crippen LogP contribution in [0.4, 0.5) is 0 Å². The first kappa shape index (κ1) is 13.8. The van der Waals surface area contributed by atoms with Crippen LogP contribution in [-0.2, 0) is 14.4 Å². The lowest BCUT2D eigenvalue weighted by Gasteiger charge is -2.30. The molecule has 7 heteroatoms. The van der Waals surface area contributed by atoms with Gasteiger partial charge in [-0.05, 0) is 12.8 Å². The number of aliphatic carboxylic acids is 1. The van der Waals surface area contributed by atoms with Gasteiger partial charge in [-0.1, -0.05) is 0 Å². The Bertz CT molecular complexity index is 377. The van der Waals surface area contributed by atoms with E-state index in [9.17, 15) is 14.4 Å². The topological polar surface area (TPSA) is 98.7 Å². The Morgan fingerprint density at radius 2 is 2.05 bits per heavy atom. The monoisotopic (exact) mass is 269 g/mol. The summed E-state index contributed by atoms with van der Waals surface area (Å²) in [5.41, 5.74) is 0. The van der Waals surface area contributed by atoms with Gasteiger partial charge < -0.3 is 20.6 Å². The average Bonchev–Trinajstić information content (AvgIpc) is 2.82. The number of carboxylic acids is 1. The van der Waals surface area contributed by atoms with Crippen molar-refractivity contribution in [1.82, 2.24) is 15.5 Å². The molecule has 19 heavy (non-hydrogen) atoms. The summed E-state index contributed by atoms with van der Waals surface area (Å²) in [4.78, 5) is 35.4. The predicted molar refractivity (Wildman–Crippen MR) is 66.4 cm³/mol. The van der Waals surface area contributed by atoms with E-state index >= 15 is 0 Å². The maximum atomic E-state index is 11.9. The zero-order valence-corrected chi connectivity index (χ0v) is 10.7. The number of amides is 2. The number of carboxylic acid groups (broad SMARTS) is 1. The SMILES string of the molecule is O=C1CC(NCC(=O)N2CCC(C(=O)O)CC2)CN1. The van der Waals surface area contributed by atoms with Gasteiger partial charge in [-0.3, -0.25) is 14.4 Å². The molecule has 2 fully saturated rings. The molecule has 0 aromatic rings. The van der Waals surface area contributed by atoms with Crippen molar-refractivity contribution >= 4 is 17.8 Å². The molecule has 2 aliphatic heterocycles. The lowest BCUT2D eigenvalue weighted by Crippen LogP contribution is -2.46. The third-order valence-electron chi connectivity index (χ3n) is 3.72. The van der Waals surface area contributed by atoms with Gasteiger partial charge in [0.15, 0.2) is 0 Å². The second kappa shape index (κ2) is 6.01. The fourth-order valence-corrected chi connectivity index (χ4v) is 2.47. The van der Waals surface area contributed by atoms with Crippen LogP contribution in [0.5, 0.6) is 0 Å². The number of likely N-dealkylation sites (tertiary alicyclic amines) is 1. The van der Waals surface area contributed by atoms with Crippen LogP contribution in [0.15, 0.2) is 0 Å². The number of hydrogen-bond acceptors (Lipinski definition) is 4. The zero-order valence-electron chi connectivity index (χ0n) is 10.7. The number of carbonyl (C=O) groups excluding carboxylic acids is 2. The molecule has 2 heterocycles. The predicted octanol–water partition coefficient (Wildman–Crippen LogP) is -1.21. The molecule has 0 spiro atoms. The molecular formula is C12H19N3O4. The maximum absolute atomic E-state index is 11.9. The summed E-state index contributed by atoms with van der Waals surface area (Å²) in [6.45, 7) is 1.77. The largest absolute Gasteiger partial charge is 0.481 e. The molecule has 3 N–H and O–H groups in total. The average molecular weight is 269 g/mol. The smallest absolute Gasteiger partial charge is 0.306 e. The Morgan fingerprint density at radius 1 is 1.37 bits per heavy atom. The normalized spacial score (nSPS) is 24.3. The van der Waals surface area contributed by atoms with Crippen LogP contribution in [0.1, 0.15) is 19.3 Å². The highest BCUT2D eigenvalue weighted by Gasteiger charge is 2.27. The number of nitrogens with zero attached hydrogens (tertiary/aromatic N) is 1. The van der Waals surface area contributed by atoms with Crippen molar-refractivity contribution < 1.29 is 19.5 Å². The van der Waals surface area contributed by atoms with Crippen molar-refractivity contribution in [2.45, 2.75) is 25.3 Å². The summed E-state index contributed by atoms with van der Waals surface area (Å²) in [7, 11) is 0. The van der Waals surface area contributed by atoms with Gasteiger partial charge in [0.25, 0.3) is 0 Å². The van der Waals surface area contributed by atoms with E-state index in [1.54, 1.807) is 4.90 Å². The van der Waals surface area contributed by atoms with E-state index < -0.39 is 5.97 Å². The molecule has 0 radical (unpaired) electrons. The number of nitrogens with one attached hydrogen (secondary N) is 2. The van der Waals surface area contributed by atoms with E-state index in [2.05, 4.69) is 10.6 Å². The van der Waals surface area contributed by atoms with Gasteiger partial charge in [0.05, 0.1) is 12.5 Å². The molecule has 7 nitrogen and oxygen atoms in total. The van der Waals surface area contributed by atoms with Crippen molar-refractivity contribution in [3.05, 3.63) is 0 Å². The third kappa shape index (κ3) is 3.66. The molecule has 0 aliphatic carbocycles. The molecule has 0 aromatic carbocycles. The molecule has 2 saturated heterocycles. The summed E-state index contributed by atoms with van der Waals surface area (Å²) < 4.78 is 0. The van der Waals surface area contributed by atoms with Crippen LogP contribution in [0, 0.1) is 5.92 Å². The highest BCUT2D eigenvalue weighted by molar-refractivity contribution is 5.80. The van der Waals surface area contributed by atoms with E-state index in [1.165, 1.54) is 0 Å². The quantitative estimate of drug-likeness (QED) is 0.594. The Kier molecular flexibility index (Phi) is 4.36. The van der Waals surface area contributed by atoms with E-state index in [0.29, 0.717) is 38.9 Å². The van der Waals surface area contributed by atoms with Crippen molar-refractivity contribution in [2.24, 2.45) is 5.92 Å². The first-order valence-electron chi connectivity index (χ1n) is 6.57.